The van der Waals surface area contributed by atoms with E-state index in [1.807, 2.05) is 13.8 Å². The number of hydrogen-bond donors (Lipinski definition) is 0. The Kier molecular flexibility index (Phi) is 12.3. The fourth-order valence-electron chi connectivity index (χ4n) is 9.37. The minimum absolute atomic E-state index is 0.0349. The Morgan fingerprint density at radius 2 is 1.16 bits per heavy atom. The van der Waals surface area contributed by atoms with Crippen LogP contribution in [-0.4, -0.2) is 39.0 Å². The molecule has 1 saturated heterocycles. The van der Waals surface area contributed by atoms with Crippen LogP contribution in [0.25, 0.3) is 0 Å². The van der Waals surface area contributed by atoms with Gasteiger partial charge in [-0.2, -0.15) is 0 Å². The molecule has 0 spiro atoms. The highest BCUT2D eigenvalue weighted by molar-refractivity contribution is 6.99. The molecule has 56 heavy (non-hydrogen) atoms. The Bertz CT molecular complexity index is 1840. The largest absolute Gasteiger partial charge is 0.405 e. The Morgan fingerprint density at radius 1 is 0.696 bits per heavy atom. The second kappa shape index (κ2) is 17.2. The van der Waals surface area contributed by atoms with Crippen molar-refractivity contribution in [1.29, 1.82) is 0 Å². The maximum Gasteiger partial charge on any atom is 0.261 e. The van der Waals surface area contributed by atoms with Gasteiger partial charge in [0.1, 0.15) is 5.60 Å². The Balaban J connectivity index is 1.09. The molecule has 5 heteroatoms. The third-order valence-corrected chi connectivity index (χ3v) is 17.1. The first-order chi connectivity index (χ1) is 27.0. The summed E-state index contributed by atoms with van der Waals surface area (Å²) in [5.41, 5.74) is 2.54. The molecule has 5 aromatic rings. The van der Waals surface area contributed by atoms with Gasteiger partial charge in [0.2, 0.25) is 0 Å². The molecule has 5 aromatic carbocycles. The van der Waals surface area contributed by atoms with E-state index in [-0.39, 0.29) is 35.2 Å². The predicted octanol–water partition coefficient (Wildman–Crippen LogP) is 10.8. The van der Waals surface area contributed by atoms with E-state index in [0.29, 0.717) is 6.61 Å². The van der Waals surface area contributed by atoms with Crippen LogP contribution in [0.4, 0.5) is 0 Å². The molecule has 0 bridgehead atoms. The zero-order chi connectivity index (χ0) is 39.2. The molecule has 5 atom stereocenters. The molecule has 2 fully saturated rings. The van der Waals surface area contributed by atoms with E-state index in [2.05, 4.69) is 192 Å². The number of unbranched alkanes of at least 4 members (excludes halogenated alkanes) is 1. The highest BCUT2D eigenvalue weighted by Crippen LogP contribution is 2.48. The monoisotopic (exact) mass is 764 g/mol. The van der Waals surface area contributed by atoms with Crippen molar-refractivity contribution in [2.45, 2.75) is 102 Å². The van der Waals surface area contributed by atoms with Crippen molar-refractivity contribution in [2.24, 2.45) is 11.8 Å². The topological polar surface area (TPSA) is 36.9 Å². The first-order valence-electron chi connectivity index (χ1n) is 20.7. The van der Waals surface area contributed by atoms with Crippen LogP contribution in [-0.2, 0) is 24.2 Å². The number of rotatable bonds is 15. The summed E-state index contributed by atoms with van der Waals surface area (Å²) < 4.78 is 27.9. The van der Waals surface area contributed by atoms with Crippen LogP contribution >= 0.6 is 0 Å². The summed E-state index contributed by atoms with van der Waals surface area (Å²) in [5, 5.41) is 2.61. The molecule has 4 nitrogen and oxygen atoms in total. The molecule has 1 heterocycles. The third kappa shape index (κ3) is 8.30. The number of fused-ring (bicyclic) bond motifs is 1. The smallest absolute Gasteiger partial charge is 0.261 e. The molecule has 0 radical (unpaired) electrons. The zero-order valence-electron chi connectivity index (χ0n) is 34.1. The van der Waals surface area contributed by atoms with Gasteiger partial charge in [0, 0.05) is 12.0 Å². The first kappa shape index (κ1) is 40.1. The maximum absolute atomic E-state index is 7.40. The van der Waals surface area contributed by atoms with E-state index in [1.165, 1.54) is 10.4 Å². The van der Waals surface area contributed by atoms with Crippen molar-refractivity contribution in [1.82, 2.24) is 0 Å². The first-order valence-corrected chi connectivity index (χ1v) is 22.6. The molecular weight excluding hydrogens is 705 g/mol. The van der Waals surface area contributed by atoms with Gasteiger partial charge in [-0.3, -0.25) is 0 Å². The molecule has 7 rings (SSSR count). The highest BCUT2D eigenvalue weighted by atomic mass is 28.4. The van der Waals surface area contributed by atoms with Crippen LogP contribution in [0, 0.1) is 11.8 Å². The summed E-state index contributed by atoms with van der Waals surface area (Å²) in [6.07, 6.45) is 8.87. The molecular formula is C51H60O4Si. The lowest BCUT2D eigenvalue weighted by Gasteiger charge is -2.44. The summed E-state index contributed by atoms with van der Waals surface area (Å²) in [4.78, 5) is 0. The standard InChI is InChI=1S/C51H60O4Si/c1-39(55-56(49(2,3)4,44-33-21-11-22-34-44)45-35-23-12-24-36-45)25-13-7-14-26-40-37-47-48(54-50(5,6)53-47)46(40)38-52-51(41-27-15-8-16-28-41,42-29-17-9-18-30-42)43-31-19-10-20-32-43/h8-12,14-24,26-36,39-40,46-48H,7,13,25,37-38H2,1-6H3/b26-14+/t39-,40?,46-,47-,48+/m0/s1. The van der Waals surface area contributed by atoms with Crippen molar-refractivity contribution in [2.75, 3.05) is 6.61 Å². The van der Waals surface area contributed by atoms with Gasteiger partial charge in [0.15, 0.2) is 5.79 Å². The van der Waals surface area contributed by atoms with Crippen LogP contribution in [0.5, 0.6) is 0 Å². The molecule has 1 aliphatic carbocycles. The van der Waals surface area contributed by atoms with E-state index in [9.17, 15) is 0 Å². The van der Waals surface area contributed by atoms with Crippen LogP contribution in [0.2, 0.25) is 5.04 Å². The zero-order valence-corrected chi connectivity index (χ0v) is 35.1. The number of allylic oxidation sites excluding steroid dienone is 2. The van der Waals surface area contributed by atoms with Crippen molar-refractivity contribution < 1.29 is 18.6 Å². The van der Waals surface area contributed by atoms with Crippen LogP contribution in [0.15, 0.2) is 164 Å². The van der Waals surface area contributed by atoms with E-state index >= 15 is 0 Å². The second-order valence-electron chi connectivity index (χ2n) is 17.2. The van der Waals surface area contributed by atoms with E-state index in [0.717, 1.165) is 42.4 Å². The molecule has 0 amide bonds. The normalized spacial score (nSPS) is 21.6. The molecule has 0 aromatic heterocycles. The minimum Gasteiger partial charge on any atom is -0.405 e. The van der Waals surface area contributed by atoms with Crippen LogP contribution < -0.4 is 10.4 Å². The number of hydrogen-bond acceptors (Lipinski definition) is 4. The molecule has 1 aliphatic heterocycles. The minimum atomic E-state index is -2.59. The lowest BCUT2D eigenvalue weighted by molar-refractivity contribution is -0.163. The summed E-state index contributed by atoms with van der Waals surface area (Å²) >= 11 is 0. The molecule has 0 N–H and O–H groups in total. The Hall–Kier alpha value is -4.10. The Labute approximate surface area is 337 Å². The van der Waals surface area contributed by atoms with Crippen molar-refractivity contribution in [3.05, 3.63) is 181 Å². The van der Waals surface area contributed by atoms with E-state index < -0.39 is 19.7 Å². The average molecular weight is 765 g/mol. The fourth-order valence-corrected chi connectivity index (χ4v) is 14.1. The van der Waals surface area contributed by atoms with Crippen LogP contribution in [0.1, 0.15) is 83.9 Å². The van der Waals surface area contributed by atoms with Gasteiger partial charge in [-0.25, -0.2) is 0 Å². The van der Waals surface area contributed by atoms with Crippen LogP contribution in [0.3, 0.4) is 0 Å². The average Bonchev–Trinajstić information content (AvgIpc) is 3.69. The SMILES string of the molecule is C[C@@H](CCC/C=C/C1C[C@@H]2OC(C)(C)O[C@@H]2[C@H]1COC(c1ccccc1)(c1ccccc1)c1ccccc1)O[Si](c1ccccc1)(c1ccccc1)C(C)(C)C. The van der Waals surface area contributed by atoms with Gasteiger partial charge in [-0.15, -0.1) is 0 Å². The fraction of sp³-hybridized carbons (Fsp3) is 0.373. The summed E-state index contributed by atoms with van der Waals surface area (Å²) in [6.45, 7) is 13.9. The summed E-state index contributed by atoms with van der Waals surface area (Å²) in [6, 6.07) is 53.9. The lowest BCUT2D eigenvalue weighted by Crippen LogP contribution is -2.67. The van der Waals surface area contributed by atoms with E-state index in [4.69, 9.17) is 18.6 Å². The lowest BCUT2D eigenvalue weighted by atomic mass is 9.80. The van der Waals surface area contributed by atoms with Gasteiger partial charge in [-0.1, -0.05) is 185 Å². The molecule has 2 aliphatic rings. The van der Waals surface area contributed by atoms with Gasteiger partial charge in [0.25, 0.3) is 8.32 Å². The summed E-state index contributed by atoms with van der Waals surface area (Å²) in [5.74, 6) is -0.211. The van der Waals surface area contributed by atoms with Crippen molar-refractivity contribution >= 4 is 18.7 Å². The Morgan fingerprint density at radius 3 is 1.62 bits per heavy atom. The van der Waals surface area contributed by atoms with Crippen molar-refractivity contribution in [3.63, 3.8) is 0 Å². The van der Waals surface area contributed by atoms with Gasteiger partial charge in [-0.05, 0) is 84.5 Å². The number of ether oxygens (including phenoxy) is 3. The highest BCUT2D eigenvalue weighted by Gasteiger charge is 2.54. The third-order valence-electron chi connectivity index (χ3n) is 11.9. The quantitative estimate of drug-likeness (QED) is 0.0460. The molecule has 1 saturated carbocycles. The molecule has 292 valence electrons. The molecule has 1 unspecified atom stereocenters. The van der Waals surface area contributed by atoms with Gasteiger partial charge >= 0.3 is 0 Å². The van der Waals surface area contributed by atoms with Gasteiger partial charge in [0.05, 0.1) is 18.8 Å². The maximum atomic E-state index is 7.40. The predicted molar refractivity (Wildman–Crippen MR) is 232 cm³/mol. The second-order valence-corrected chi connectivity index (χ2v) is 21.5. The summed E-state index contributed by atoms with van der Waals surface area (Å²) in [7, 11) is -2.59. The van der Waals surface area contributed by atoms with E-state index in [1.54, 1.807) is 0 Å². The number of benzene rings is 5. The van der Waals surface area contributed by atoms with Crippen molar-refractivity contribution in [3.8, 4) is 0 Å². The van der Waals surface area contributed by atoms with Gasteiger partial charge < -0.3 is 18.6 Å².